The molecule has 164 valence electrons. The van der Waals surface area contributed by atoms with E-state index in [-0.39, 0.29) is 43.0 Å². The van der Waals surface area contributed by atoms with Crippen LogP contribution in [0, 0.1) is 5.82 Å². The van der Waals surface area contributed by atoms with Crippen LogP contribution in [-0.4, -0.2) is 53.3 Å². The molecule has 4 rings (SSSR count). The summed E-state index contributed by atoms with van der Waals surface area (Å²) in [7, 11) is 4.29. The highest BCUT2D eigenvalue weighted by atomic mass is 35.5. The minimum atomic E-state index is -0.241. The summed E-state index contributed by atoms with van der Waals surface area (Å²) >= 11 is 0. The third-order valence-corrected chi connectivity index (χ3v) is 5.34. The Hall–Kier alpha value is -1.86. The minimum absolute atomic E-state index is 0. The lowest BCUT2D eigenvalue weighted by molar-refractivity contribution is 0.249. The van der Waals surface area contributed by atoms with Gasteiger partial charge in [-0.05, 0) is 68.9 Å². The second kappa shape index (κ2) is 11.5. The number of benzene rings is 1. The van der Waals surface area contributed by atoms with Crippen LogP contribution in [0.5, 0.6) is 0 Å². The van der Waals surface area contributed by atoms with E-state index >= 15 is 0 Å². The molecule has 1 aromatic carbocycles. The first-order chi connectivity index (χ1) is 13.1. The van der Waals surface area contributed by atoms with Crippen LogP contribution in [-0.2, 0) is 0 Å². The Morgan fingerprint density at radius 2 is 1.53 bits per heavy atom. The molecule has 0 bridgehead atoms. The highest BCUT2D eigenvalue weighted by Crippen LogP contribution is 2.38. The summed E-state index contributed by atoms with van der Waals surface area (Å²) in [4.78, 5) is 8.79. The van der Waals surface area contributed by atoms with E-state index in [1.165, 1.54) is 12.1 Å². The van der Waals surface area contributed by atoms with E-state index < -0.39 is 0 Å². The van der Waals surface area contributed by atoms with Crippen LogP contribution < -0.4 is 4.90 Å². The molecule has 0 radical (unpaired) electrons. The molecule has 1 aliphatic heterocycles. The van der Waals surface area contributed by atoms with Gasteiger partial charge in [0.2, 0.25) is 0 Å². The third kappa shape index (κ3) is 5.43. The number of hydrogen-bond donors (Lipinski definition) is 1. The lowest BCUT2D eigenvalue weighted by Crippen LogP contribution is -2.42. The van der Waals surface area contributed by atoms with Crippen LogP contribution in [0.2, 0.25) is 0 Å². The smallest absolute Gasteiger partial charge is 0.158 e. The summed E-state index contributed by atoms with van der Waals surface area (Å²) in [6.45, 7) is 1.93. The average molecular weight is 475 g/mol. The van der Waals surface area contributed by atoms with Gasteiger partial charge in [0.1, 0.15) is 5.82 Å². The fourth-order valence-electron chi connectivity index (χ4n) is 3.77. The van der Waals surface area contributed by atoms with Gasteiger partial charge in [0.15, 0.2) is 5.82 Å². The van der Waals surface area contributed by atoms with Crippen LogP contribution in [0.15, 0.2) is 48.8 Å². The van der Waals surface area contributed by atoms with E-state index in [2.05, 4.69) is 39.1 Å². The molecular weight excluding hydrogens is 448 g/mol. The molecule has 0 amide bonds. The molecule has 2 aromatic heterocycles. The maximum Gasteiger partial charge on any atom is 0.158 e. The number of anilines is 1. The molecule has 30 heavy (non-hydrogen) atoms. The van der Waals surface area contributed by atoms with Gasteiger partial charge in [0.05, 0.1) is 11.3 Å². The molecule has 5 nitrogen and oxygen atoms in total. The molecule has 0 atom stereocenters. The lowest BCUT2D eigenvalue weighted by atomic mass is 9.99. The van der Waals surface area contributed by atoms with Gasteiger partial charge in [-0.15, -0.1) is 37.2 Å². The number of piperidine rings is 1. The number of nitrogens with one attached hydrogen (secondary N) is 1. The van der Waals surface area contributed by atoms with E-state index in [4.69, 9.17) is 0 Å². The van der Waals surface area contributed by atoms with Crippen molar-refractivity contribution in [3.05, 3.63) is 54.6 Å². The van der Waals surface area contributed by atoms with Crippen molar-refractivity contribution < 1.29 is 4.39 Å². The Kier molecular flexibility index (Phi) is 10.0. The number of rotatable bonds is 4. The van der Waals surface area contributed by atoms with Gasteiger partial charge >= 0.3 is 0 Å². The van der Waals surface area contributed by atoms with Gasteiger partial charge in [0, 0.05) is 37.1 Å². The van der Waals surface area contributed by atoms with Crippen molar-refractivity contribution in [1.29, 1.82) is 0 Å². The summed E-state index contributed by atoms with van der Waals surface area (Å²) in [5.74, 6) is 0.715. The Bertz CT molecular complexity index is 895. The zero-order valence-electron chi connectivity index (χ0n) is 16.9. The molecule has 9 heteroatoms. The quantitative estimate of drug-likeness (QED) is 0.573. The molecule has 1 aliphatic rings. The number of halogens is 4. The summed E-state index contributed by atoms with van der Waals surface area (Å²) in [6.07, 6.45) is 5.81. The highest BCUT2D eigenvalue weighted by Gasteiger charge is 2.26. The first-order valence-electron chi connectivity index (χ1n) is 9.29. The van der Waals surface area contributed by atoms with Crippen LogP contribution in [0.3, 0.4) is 0 Å². The number of pyridine rings is 1. The summed E-state index contributed by atoms with van der Waals surface area (Å²) in [5, 5.41) is 7.85. The highest BCUT2D eigenvalue weighted by molar-refractivity contribution is 5.89. The van der Waals surface area contributed by atoms with E-state index in [0.717, 1.165) is 54.1 Å². The Labute approximate surface area is 195 Å². The molecule has 1 fully saturated rings. The predicted molar refractivity (Wildman–Crippen MR) is 128 cm³/mol. The molecule has 3 heterocycles. The van der Waals surface area contributed by atoms with Gasteiger partial charge in [-0.3, -0.25) is 10.1 Å². The van der Waals surface area contributed by atoms with Gasteiger partial charge in [-0.2, -0.15) is 5.10 Å². The van der Waals surface area contributed by atoms with Crippen LogP contribution in [0.4, 0.5) is 10.2 Å². The number of aromatic nitrogens is 3. The molecule has 3 aromatic rings. The normalized spacial score (nSPS) is 13.9. The maximum atomic E-state index is 13.4. The van der Waals surface area contributed by atoms with E-state index in [0.29, 0.717) is 6.04 Å². The van der Waals surface area contributed by atoms with Crippen molar-refractivity contribution in [3.8, 4) is 22.4 Å². The Balaban J connectivity index is 0.00000150. The fourth-order valence-corrected chi connectivity index (χ4v) is 3.77. The standard InChI is InChI=1S/C21H24FN5.3ClH/c1-26(2)18-9-13-27(14-10-18)21-19(15-7-11-23-12-8-15)20(24-25-21)16-3-5-17(22)6-4-16;;;/h3-8,11-12,18H,9-10,13-14H2,1-2H3,(H,24,25);3*1H. The largest absolute Gasteiger partial charge is 0.355 e. The van der Waals surface area contributed by atoms with Gasteiger partial charge < -0.3 is 9.80 Å². The third-order valence-electron chi connectivity index (χ3n) is 5.34. The zero-order chi connectivity index (χ0) is 18.8. The van der Waals surface area contributed by atoms with Crippen LogP contribution in [0.1, 0.15) is 12.8 Å². The molecular formula is C21H27Cl3FN5. The van der Waals surface area contributed by atoms with Gasteiger partial charge in [0.25, 0.3) is 0 Å². The second-order valence-electron chi connectivity index (χ2n) is 7.22. The van der Waals surface area contributed by atoms with Crippen LogP contribution >= 0.6 is 37.2 Å². The first kappa shape index (κ1) is 26.2. The predicted octanol–water partition coefficient (Wildman–Crippen LogP) is 5.07. The fraction of sp³-hybridized carbons (Fsp3) is 0.333. The number of aromatic amines is 1. The molecule has 1 saturated heterocycles. The van der Waals surface area contributed by atoms with E-state index in [9.17, 15) is 4.39 Å². The molecule has 0 spiro atoms. The number of hydrogen-bond acceptors (Lipinski definition) is 4. The topological polar surface area (TPSA) is 48.0 Å². The number of H-pyrrole nitrogens is 1. The van der Waals surface area contributed by atoms with Crippen molar-refractivity contribution in [1.82, 2.24) is 20.1 Å². The minimum Gasteiger partial charge on any atom is -0.355 e. The van der Waals surface area contributed by atoms with E-state index in [1.54, 1.807) is 24.5 Å². The molecule has 0 unspecified atom stereocenters. The Morgan fingerprint density at radius 3 is 2.10 bits per heavy atom. The van der Waals surface area contributed by atoms with Crippen molar-refractivity contribution in [3.63, 3.8) is 0 Å². The van der Waals surface area contributed by atoms with Crippen molar-refractivity contribution in [2.45, 2.75) is 18.9 Å². The lowest BCUT2D eigenvalue weighted by Gasteiger charge is -2.35. The van der Waals surface area contributed by atoms with Crippen molar-refractivity contribution in [2.75, 3.05) is 32.1 Å². The average Bonchev–Trinajstić information content (AvgIpc) is 3.14. The molecule has 1 N–H and O–H groups in total. The summed E-state index contributed by atoms with van der Waals surface area (Å²) in [6, 6.07) is 11.1. The maximum absolute atomic E-state index is 13.4. The number of nitrogens with zero attached hydrogens (tertiary/aromatic N) is 4. The van der Waals surface area contributed by atoms with Crippen LogP contribution in [0.25, 0.3) is 22.4 Å². The van der Waals surface area contributed by atoms with Crippen molar-refractivity contribution in [2.24, 2.45) is 0 Å². The first-order valence-corrected chi connectivity index (χ1v) is 9.29. The molecule has 0 aliphatic carbocycles. The van der Waals surface area contributed by atoms with Crippen molar-refractivity contribution >= 4 is 43.0 Å². The van der Waals surface area contributed by atoms with E-state index in [1.807, 2.05) is 12.1 Å². The SMILES string of the molecule is CN(C)C1CCN(c2n[nH]c(-c3ccc(F)cc3)c2-c2ccncc2)CC1.Cl.Cl.Cl. The Morgan fingerprint density at radius 1 is 0.933 bits per heavy atom. The monoisotopic (exact) mass is 473 g/mol. The summed E-state index contributed by atoms with van der Waals surface area (Å²) < 4.78 is 13.4. The van der Waals surface area contributed by atoms with Gasteiger partial charge in [-0.1, -0.05) is 0 Å². The molecule has 0 saturated carbocycles. The zero-order valence-corrected chi connectivity index (χ0v) is 19.4. The second-order valence-corrected chi connectivity index (χ2v) is 7.22. The van der Waals surface area contributed by atoms with Gasteiger partial charge in [-0.25, -0.2) is 4.39 Å². The summed E-state index contributed by atoms with van der Waals surface area (Å²) in [5.41, 5.74) is 3.94.